The van der Waals surface area contributed by atoms with Crippen LogP contribution in [0.5, 0.6) is 0 Å². The Bertz CT molecular complexity index is 1230. The standard InChI is InChI=1S/C27H24N2O2/c1-4-18-28(26(27(30)31-3)19-20(2)21-12-6-5-7-13-21)29-24-16-10-8-14-22(24)23-15-9-11-17-25(23)29/h1,5-17,26H,2,18-19H2,3H3. The van der Waals surface area contributed by atoms with E-state index in [1.165, 1.54) is 7.11 Å². The van der Waals surface area contributed by atoms with Gasteiger partial charge in [-0.05, 0) is 23.3 Å². The SMILES string of the molecule is C#CCN(C(CC(=C)c1ccccc1)C(=O)OC)n1c2ccccc2c2ccccc21. The Morgan fingerprint density at radius 2 is 1.55 bits per heavy atom. The molecule has 0 amide bonds. The van der Waals surface area contributed by atoms with Gasteiger partial charge in [0.1, 0.15) is 6.04 Å². The van der Waals surface area contributed by atoms with Crippen LogP contribution in [-0.4, -0.2) is 30.3 Å². The topological polar surface area (TPSA) is 34.5 Å². The summed E-state index contributed by atoms with van der Waals surface area (Å²) >= 11 is 0. The highest BCUT2D eigenvalue weighted by Gasteiger charge is 2.30. The lowest BCUT2D eigenvalue weighted by atomic mass is 10.00. The average molecular weight is 409 g/mol. The predicted octanol–water partition coefficient (Wildman–Crippen LogP) is 5.01. The second-order valence-corrected chi connectivity index (χ2v) is 7.36. The summed E-state index contributed by atoms with van der Waals surface area (Å²) in [6.45, 7) is 4.48. The summed E-state index contributed by atoms with van der Waals surface area (Å²) in [6, 6.07) is 25.5. The summed E-state index contributed by atoms with van der Waals surface area (Å²) in [5, 5.41) is 4.11. The van der Waals surface area contributed by atoms with Crippen molar-refractivity contribution in [2.75, 3.05) is 18.7 Å². The van der Waals surface area contributed by atoms with E-state index in [4.69, 9.17) is 11.2 Å². The van der Waals surface area contributed by atoms with Gasteiger partial charge in [0.15, 0.2) is 0 Å². The van der Waals surface area contributed by atoms with Gasteiger partial charge in [0.25, 0.3) is 0 Å². The number of ether oxygens (including phenoxy) is 1. The van der Waals surface area contributed by atoms with E-state index in [1.807, 2.05) is 76.4 Å². The molecule has 4 rings (SSSR count). The summed E-state index contributed by atoms with van der Waals surface area (Å²) < 4.78 is 7.24. The van der Waals surface area contributed by atoms with Crippen molar-refractivity contribution in [3.05, 3.63) is 91.0 Å². The Morgan fingerprint density at radius 1 is 1.00 bits per heavy atom. The molecule has 1 atom stereocenters. The van der Waals surface area contributed by atoms with E-state index < -0.39 is 6.04 Å². The van der Waals surface area contributed by atoms with Gasteiger partial charge in [-0.25, -0.2) is 4.79 Å². The minimum atomic E-state index is -0.632. The normalized spacial score (nSPS) is 11.7. The number of fused-ring (bicyclic) bond motifs is 3. The van der Waals surface area contributed by atoms with E-state index in [-0.39, 0.29) is 12.5 Å². The third-order valence-corrected chi connectivity index (χ3v) is 5.52. The second-order valence-electron chi connectivity index (χ2n) is 7.36. The first-order valence-electron chi connectivity index (χ1n) is 10.1. The number of carbonyl (C=O) groups is 1. The Labute approximate surface area is 182 Å². The fourth-order valence-electron chi connectivity index (χ4n) is 4.06. The van der Waals surface area contributed by atoms with Crippen molar-refractivity contribution in [2.45, 2.75) is 12.5 Å². The van der Waals surface area contributed by atoms with Gasteiger partial charge < -0.3 is 4.74 Å². The number of carbonyl (C=O) groups excluding carboxylic acids is 1. The number of para-hydroxylation sites is 2. The molecule has 4 nitrogen and oxygen atoms in total. The van der Waals surface area contributed by atoms with E-state index in [2.05, 4.69) is 24.6 Å². The summed E-state index contributed by atoms with van der Waals surface area (Å²) in [6.07, 6.45) is 6.15. The van der Waals surface area contributed by atoms with Crippen molar-refractivity contribution in [1.82, 2.24) is 4.68 Å². The highest BCUT2D eigenvalue weighted by molar-refractivity contribution is 6.08. The first-order valence-corrected chi connectivity index (χ1v) is 10.1. The van der Waals surface area contributed by atoms with Crippen molar-refractivity contribution in [3.63, 3.8) is 0 Å². The zero-order valence-corrected chi connectivity index (χ0v) is 17.5. The first kappa shape index (κ1) is 20.3. The molecule has 31 heavy (non-hydrogen) atoms. The quantitative estimate of drug-likeness (QED) is 0.318. The minimum Gasteiger partial charge on any atom is -0.467 e. The number of nitrogens with zero attached hydrogens (tertiary/aromatic N) is 2. The van der Waals surface area contributed by atoms with E-state index in [9.17, 15) is 4.79 Å². The van der Waals surface area contributed by atoms with Crippen LogP contribution in [0.4, 0.5) is 0 Å². The lowest BCUT2D eigenvalue weighted by Gasteiger charge is -2.33. The molecule has 0 radical (unpaired) electrons. The molecule has 1 heterocycles. The van der Waals surface area contributed by atoms with Crippen LogP contribution in [0.2, 0.25) is 0 Å². The van der Waals surface area contributed by atoms with Crippen molar-refractivity contribution in [2.24, 2.45) is 0 Å². The molecule has 0 N–H and O–H groups in total. The minimum absolute atomic E-state index is 0.241. The van der Waals surface area contributed by atoms with Crippen LogP contribution in [0.1, 0.15) is 12.0 Å². The third-order valence-electron chi connectivity index (χ3n) is 5.52. The van der Waals surface area contributed by atoms with Gasteiger partial charge in [-0.15, -0.1) is 6.42 Å². The van der Waals surface area contributed by atoms with E-state index in [0.717, 1.165) is 32.9 Å². The maximum absolute atomic E-state index is 13.0. The Hall–Kier alpha value is -3.97. The molecule has 0 aliphatic rings. The van der Waals surface area contributed by atoms with E-state index >= 15 is 0 Å². The number of benzene rings is 3. The van der Waals surface area contributed by atoms with Gasteiger partial charge in [0.2, 0.25) is 0 Å². The van der Waals surface area contributed by atoms with Gasteiger partial charge >= 0.3 is 5.97 Å². The molecule has 1 unspecified atom stereocenters. The van der Waals surface area contributed by atoms with Crippen LogP contribution >= 0.6 is 0 Å². The zero-order valence-electron chi connectivity index (χ0n) is 17.5. The van der Waals surface area contributed by atoms with Gasteiger partial charge in [-0.2, -0.15) is 0 Å². The molecule has 0 spiro atoms. The summed E-state index contributed by atoms with van der Waals surface area (Å²) in [5.74, 6) is 2.37. The zero-order chi connectivity index (χ0) is 21.8. The molecule has 0 saturated heterocycles. The van der Waals surface area contributed by atoms with Crippen LogP contribution < -0.4 is 5.01 Å². The molecule has 1 aromatic heterocycles. The summed E-state index contributed by atoms with van der Waals surface area (Å²) in [4.78, 5) is 13.0. The molecule has 3 aromatic carbocycles. The van der Waals surface area contributed by atoms with Crippen LogP contribution in [0.3, 0.4) is 0 Å². The molecule has 4 aromatic rings. The van der Waals surface area contributed by atoms with Crippen LogP contribution in [-0.2, 0) is 9.53 Å². The van der Waals surface area contributed by atoms with Crippen molar-refractivity contribution >= 4 is 33.3 Å². The van der Waals surface area contributed by atoms with Gasteiger partial charge in [0.05, 0.1) is 24.7 Å². The molecule has 0 bridgehead atoms. The van der Waals surface area contributed by atoms with Crippen LogP contribution in [0, 0.1) is 12.3 Å². The molecule has 0 saturated carbocycles. The number of methoxy groups -OCH3 is 1. The largest absolute Gasteiger partial charge is 0.467 e. The molecule has 4 heteroatoms. The number of rotatable bonds is 7. The molecule has 0 fully saturated rings. The Morgan fingerprint density at radius 3 is 2.10 bits per heavy atom. The van der Waals surface area contributed by atoms with Gasteiger partial charge in [0, 0.05) is 17.2 Å². The number of hydrogen-bond acceptors (Lipinski definition) is 3. The highest BCUT2D eigenvalue weighted by Crippen LogP contribution is 2.31. The lowest BCUT2D eigenvalue weighted by Crippen LogP contribution is -2.49. The molecular formula is C27H24N2O2. The number of esters is 1. The third kappa shape index (κ3) is 3.78. The van der Waals surface area contributed by atoms with Crippen LogP contribution in [0.15, 0.2) is 85.4 Å². The van der Waals surface area contributed by atoms with Crippen molar-refractivity contribution in [3.8, 4) is 12.3 Å². The molecule has 0 aliphatic carbocycles. The molecule has 154 valence electrons. The average Bonchev–Trinajstić information content (AvgIpc) is 3.15. The number of terminal acetylenes is 1. The van der Waals surface area contributed by atoms with Gasteiger partial charge in [-0.1, -0.05) is 79.2 Å². The maximum atomic E-state index is 13.0. The van der Waals surface area contributed by atoms with E-state index in [0.29, 0.717) is 6.42 Å². The second kappa shape index (κ2) is 8.81. The first-order chi connectivity index (χ1) is 15.2. The van der Waals surface area contributed by atoms with Crippen molar-refractivity contribution < 1.29 is 9.53 Å². The maximum Gasteiger partial charge on any atom is 0.330 e. The molecule has 0 aliphatic heterocycles. The van der Waals surface area contributed by atoms with E-state index in [1.54, 1.807) is 0 Å². The summed E-state index contributed by atoms with van der Waals surface area (Å²) in [7, 11) is 1.40. The van der Waals surface area contributed by atoms with Gasteiger partial charge in [-0.3, -0.25) is 9.69 Å². The number of aromatic nitrogens is 1. The summed E-state index contributed by atoms with van der Waals surface area (Å²) in [5.41, 5.74) is 3.80. The Balaban J connectivity index is 1.87. The van der Waals surface area contributed by atoms with Crippen LogP contribution in [0.25, 0.3) is 27.4 Å². The highest BCUT2D eigenvalue weighted by atomic mass is 16.5. The lowest BCUT2D eigenvalue weighted by molar-refractivity contribution is -0.142. The van der Waals surface area contributed by atoms with Crippen molar-refractivity contribution in [1.29, 1.82) is 0 Å². The fourth-order valence-corrected chi connectivity index (χ4v) is 4.06. The smallest absolute Gasteiger partial charge is 0.330 e. The molecular weight excluding hydrogens is 384 g/mol. The predicted molar refractivity (Wildman–Crippen MR) is 127 cm³/mol. The monoisotopic (exact) mass is 408 g/mol. The fraction of sp³-hybridized carbons (Fsp3) is 0.148. The number of hydrogen-bond donors (Lipinski definition) is 0. The Kier molecular flexibility index (Phi) is 5.77.